The number of rotatable bonds is 5. The van der Waals surface area contributed by atoms with Gasteiger partial charge in [-0.2, -0.15) is 0 Å². The van der Waals surface area contributed by atoms with Crippen LogP contribution >= 0.6 is 0 Å². The number of methoxy groups -OCH3 is 2. The molecule has 1 aromatic rings. The Bertz CT molecular complexity index is 829. The van der Waals surface area contributed by atoms with Crippen molar-refractivity contribution in [3.63, 3.8) is 0 Å². The number of nitrogens with one attached hydrogen (secondary N) is 1. The number of hydrogen-bond acceptors (Lipinski definition) is 6. The largest absolute Gasteiger partial charge is 0.469 e. The van der Waals surface area contributed by atoms with Crippen molar-refractivity contribution in [3.8, 4) is 0 Å². The van der Waals surface area contributed by atoms with Crippen molar-refractivity contribution in [2.24, 2.45) is 5.41 Å². The first-order chi connectivity index (χ1) is 15.1. The highest BCUT2D eigenvalue weighted by Crippen LogP contribution is 2.44. The molecule has 0 spiro atoms. The molecule has 8 heteroatoms. The Morgan fingerprint density at radius 1 is 0.970 bits per heavy atom. The summed E-state index contributed by atoms with van der Waals surface area (Å²) < 4.78 is 14.7. The van der Waals surface area contributed by atoms with E-state index in [4.69, 9.17) is 9.47 Å². The summed E-state index contributed by atoms with van der Waals surface area (Å²) in [5, 5.41) is 2.84. The Hall–Kier alpha value is -2.61. The highest BCUT2D eigenvalue weighted by molar-refractivity contribution is 5.94. The Morgan fingerprint density at radius 2 is 1.48 bits per heavy atom. The molecule has 0 bridgehead atoms. The van der Waals surface area contributed by atoms with Gasteiger partial charge in [-0.15, -0.1) is 0 Å². The van der Waals surface area contributed by atoms with E-state index in [-0.39, 0.29) is 5.91 Å². The van der Waals surface area contributed by atoms with Gasteiger partial charge in [-0.05, 0) is 54.0 Å². The fourth-order valence-electron chi connectivity index (χ4n) is 3.75. The average Bonchev–Trinajstić information content (AvgIpc) is 3.04. The number of benzene rings is 1. The number of nitrogens with zero attached hydrogens (tertiary/aromatic N) is 1. The summed E-state index contributed by atoms with van der Waals surface area (Å²) >= 11 is 0. The van der Waals surface area contributed by atoms with E-state index in [1.165, 1.54) is 7.11 Å². The van der Waals surface area contributed by atoms with E-state index >= 15 is 0 Å². The number of ether oxygens (including phenoxy) is 3. The third-order valence-electron chi connectivity index (χ3n) is 6.20. The van der Waals surface area contributed by atoms with Crippen molar-refractivity contribution < 1.29 is 28.6 Å². The molecule has 1 unspecified atom stereocenters. The van der Waals surface area contributed by atoms with Crippen molar-refractivity contribution >= 4 is 18.0 Å². The van der Waals surface area contributed by atoms with Crippen molar-refractivity contribution in [2.45, 2.75) is 71.6 Å². The van der Waals surface area contributed by atoms with Gasteiger partial charge in [0.15, 0.2) is 0 Å². The first kappa shape index (κ1) is 28.4. The van der Waals surface area contributed by atoms with Gasteiger partial charge in [-0.25, -0.2) is 4.79 Å². The molecule has 186 valence electrons. The topological polar surface area (TPSA) is 94.2 Å². The molecule has 2 amide bonds. The third kappa shape index (κ3) is 6.05. The van der Waals surface area contributed by atoms with E-state index in [0.717, 1.165) is 0 Å². The van der Waals surface area contributed by atoms with Crippen LogP contribution in [0, 0.1) is 5.41 Å². The van der Waals surface area contributed by atoms with Crippen molar-refractivity contribution in [2.75, 3.05) is 27.9 Å². The summed E-state index contributed by atoms with van der Waals surface area (Å²) in [7, 11) is 4.59. The van der Waals surface area contributed by atoms with Gasteiger partial charge >= 0.3 is 12.1 Å². The predicted octanol–water partition coefficient (Wildman–Crippen LogP) is 3.88. The zero-order valence-corrected chi connectivity index (χ0v) is 21.7. The van der Waals surface area contributed by atoms with Gasteiger partial charge in [0.1, 0.15) is 11.1 Å². The molecule has 2 rings (SSSR count). The van der Waals surface area contributed by atoms with Crippen LogP contribution in [0.2, 0.25) is 0 Å². The summed E-state index contributed by atoms with van der Waals surface area (Å²) in [6, 6.07) is 9.14. The molecular weight excluding hydrogens is 424 g/mol. The maximum Gasteiger partial charge on any atom is 0.408 e. The van der Waals surface area contributed by atoms with Crippen LogP contribution in [0.5, 0.6) is 0 Å². The second kappa shape index (κ2) is 10.5. The Balaban J connectivity index is 0.00000172. The number of alkyl carbamates (subject to hydrolysis) is 1. The van der Waals surface area contributed by atoms with E-state index < -0.39 is 34.2 Å². The summed E-state index contributed by atoms with van der Waals surface area (Å²) in [4.78, 5) is 40.6. The molecular formula is C25H40N2O6. The molecule has 1 aliphatic rings. The highest BCUT2D eigenvalue weighted by Gasteiger charge is 2.58. The maximum absolute atomic E-state index is 13.8. The van der Waals surface area contributed by atoms with E-state index in [1.54, 1.807) is 53.7 Å². The molecule has 1 aliphatic heterocycles. The van der Waals surface area contributed by atoms with Gasteiger partial charge in [0, 0.05) is 27.2 Å². The van der Waals surface area contributed by atoms with Crippen molar-refractivity contribution in [1.82, 2.24) is 10.2 Å². The number of amides is 2. The molecule has 1 aromatic carbocycles. The van der Waals surface area contributed by atoms with Crippen molar-refractivity contribution in [3.05, 3.63) is 35.9 Å². The van der Waals surface area contributed by atoms with Crippen LogP contribution in [0.25, 0.3) is 0 Å². The molecule has 1 heterocycles. The molecule has 1 fully saturated rings. The minimum Gasteiger partial charge on any atom is -0.469 e. The number of carbonyl (C=O) groups is 3. The summed E-state index contributed by atoms with van der Waals surface area (Å²) in [6.45, 7) is 12.9. The highest BCUT2D eigenvalue weighted by atomic mass is 16.6. The summed E-state index contributed by atoms with van der Waals surface area (Å²) in [5.41, 5.74) is -3.11. The SMILES string of the molecule is COC.COC(=O)C(C)(C)C(C)(C)N1CCC(NC(=O)OC(C)(C)C)(c2ccccc2)C1=O. The minimum atomic E-state index is -1.27. The van der Waals surface area contributed by atoms with E-state index in [0.29, 0.717) is 18.5 Å². The lowest BCUT2D eigenvalue weighted by Gasteiger charge is -2.46. The van der Waals surface area contributed by atoms with E-state index in [9.17, 15) is 14.4 Å². The first-order valence-electron chi connectivity index (χ1n) is 11.0. The number of likely N-dealkylation sites (tertiary alicyclic amines) is 1. The van der Waals surface area contributed by atoms with Crippen LogP contribution in [0.15, 0.2) is 30.3 Å². The lowest BCUT2D eigenvalue weighted by Crippen LogP contribution is -2.61. The molecule has 0 saturated carbocycles. The maximum atomic E-state index is 13.8. The second-order valence-corrected chi connectivity index (χ2v) is 10.2. The molecule has 8 nitrogen and oxygen atoms in total. The van der Waals surface area contributed by atoms with Gasteiger partial charge in [-0.3, -0.25) is 9.59 Å². The standard InChI is InChI=1S/C23H34N2O5.C2H6O/c1-20(2,3)30-19(28)24-23(16-12-10-9-11-13-16)14-15-25(17(23)26)22(6,7)21(4,5)18(27)29-8;1-3-2/h9-13H,14-15H2,1-8H3,(H,24,28);1-2H3. The van der Waals surface area contributed by atoms with Crippen LogP contribution in [0.3, 0.4) is 0 Å². The van der Waals surface area contributed by atoms with Gasteiger partial charge < -0.3 is 24.4 Å². The van der Waals surface area contributed by atoms with Crippen molar-refractivity contribution in [1.29, 1.82) is 0 Å². The van der Waals surface area contributed by atoms with Crippen LogP contribution < -0.4 is 5.32 Å². The molecule has 33 heavy (non-hydrogen) atoms. The van der Waals surface area contributed by atoms with Gasteiger partial charge in [0.2, 0.25) is 0 Å². The number of hydrogen-bond donors (Lipinski definition) is 1. The Labute approximate surface area is 198 Å². The third-order valence-corrected chi connectivity index (χ3v) is 6.20. The van der Waals surface area contributed by atoms with Crippen LogP contribution in [-0.4, -0.2) is 61.9 Å². The molecule has 1 atom stereocenters. The monoisotopic (exact) mass is 464 g/mol. The number of esters is 1. The number of carbonyl (C=O) groups excluding carboxylic acids is 3. The van der Waals surface area contributed by atoms with E-state index in [2.05, 4.69) is 10.1 Å². The molecule has 1 N–H and O–H groups in total. The molecule has 0 radical (unpaired) electrons. The van der Waals surface area contributed by atoms with Crippen LogP contribution in [0.1, 0.15) is 60.5 Å². The first-order valence-corrected chi connectivity index (χ1v) is 11.0. The van der Waals surface area contributed by atoms with Crippen LogP contribution in [-0.2, 0) is 29.3 Å². The normalized spacial score (nSPS) is 18.8. The fourth-order valence-corrected chi connectivity index (χ4v) is 3.75. The Kier molecular flexibility index (Phi) is 9.08. The van der Waals surface area contributed by atoms with Gasteiger partial charge in [-0.1, -0.05) is 30.3 Å². The quantitative estimate of drug-likeness (QED) is 0.665. The fraction of sp³-hybridized carbons (Fsp3) is 0.640. The van der Waals surface area contributed by atoms with E-state index in [1.807, 2.05) is 44.2 Å². The van der Waals surface area contributed by atoms with Gasteiger partial charge in [0.05, 0.1) is 18.1 Å². The lowest BCUT2D eigenvalue weighted by atomic mass is 9.73. The molecule has 0 aromatic heterocycles. The lowest BCUT2D eigenvalue weighted by molar-refractivity contribution is -0.162. The molecule has 1 saturated heterocycles. The smallest absolute Gasteiger partial charge is 0.408 e. The summed E-state index contributed by atoms with van der Waals surface area (Å²) in [6.07, 6.45) is -0.304. The summed E-state index contributed by atoms with van der Waals surface area (Å²) in [5.74, 6) is -0.681. The zero-order chi connectivity index (χ0) is 25.7. The average molecular weight is 465 g/mol. The molecule has 0 aliphatic carbocycles. The van der Waals surface area contributed by atoms with Gasteiger partial charge in [0.25, 0.3) is 5.91 Å². The predicted molar refractivity (Wildman–Crippen MR) is 127 cm³/mol. The second-order valence-electron chi connectivity index (χ2n) is 10.2. The van der Waals surface area contributed by atoms with Crippen LogP contribution in [0.4, 0.5) is 4.79 Å². The Morgan fingerprint density at radius 3 is 1.94 bits per heavy atom. The minimum absolute atomic E-state index is 0.276. The zero-order valence-electron chi connectivity index (χ0n) is 21.7.